The minimum atomic E-state index is -5.18. The molecule has 0 bridgehead atoms. The van der Waals surface area contributed by atoms with Crippen molar-refractivity contribution in [1.82, 2.24) is 14.6 Å². The van der Waals surface area contributed by atoms with E-state index in [-0.39, 0.29) is 30.5 Å². The molecule has 1 aromatic heterocycles. The van der Waals surface area contributed by atoms with E-state index in [2.05, 4.69) is 4.98 Å². The van der Waals surface area contributed by atoms with Crippen molar-refractivity contribution in [2.75, 3.05) is 7.05 Å². The second kappa shape index (κ2) is 14.6. The molecule has 254 valence electrons. The van der Waals surface area contributed by atoms with E-state index >= 15 is 0 Å². The summed E-state index contributed by atoms with van der Waals surface area (Å²) in [7, 11) is -3.37. The van der Waals surface area contributed by atoms with Crippen molar-refractivity contribution in [2.45, 2.75) is 42.6 Å². The van der Waals surface area contributed by atoms with Gasteiger partial charge in [0, 0.05) is 36.3 Å². The van der Waals surface area contributed by atoms with Crippen LogP contribution in [0.15, 0.2) is 96.0 Å². The average Bonchev–Trinajstić information content (AvgIpc) is 3.02. The fraction of sp³-hybridized carbons (Fsp3) is 0.219. The SMILES string of the molecule is CN(C(=O)c1cc(C(F)(F)F)cc(C(F)(F)F)c1)C(CCC(=O)NS(=O)(=O)c1cccnc1Oc1ccccc1)Cc1ccc(Cl)cc1. The fourth-order valence-corrected chi connectivity index (χ4v) is 5.80. The molecular weight excluding hydrogens is 688 g/mol. The normalized spacial score (nSPS) is 12.7. The van der Waals surface area contributed by atoms with Gasteiger partial charge in [-0.2, -0.15) is 26.3 Å². The minimum Gasteiger partial charge on any atom is -0.438 e. The third kappa shape index (κ3) is 9.47. The van der Waals surface area contributed by atoms with Gasteiger partial charge in [-0.15, -0.1) is 0 Å². The molecule has 1 unspecified atom stereocenters. The van der Waals surface area contributed by atoms with E-state index < -0.39 is 68.2 Å². The summed E-state index contributed by atoms with van der Waals surface area (Å²) in [5, 5.41) is 0.374. The molecule has 0 aliphatic rings. The Morgan fingerprint density at radius 3 is 2.08 bits per heavy atom. The van der Waals surface area contributed by atoms with Gasteiger partial charge in [-0.1, -0.05) is 41.9 Å². The molecule has 8 nitrogen and oxygen atoms in total. The Kier molecular flexibility index (Phi) is 11.0. The lowest BCUT2D eigenvalue weighted by Gasteiger charge is -2.29. The van der Waals surface area contributed by atoms with Crippen LogP contribution in [0.4, 0.5) is 26.3 Å². The first-order valence-electron chi connectivity index (χ1n) is 14.0. The van der Waals surface area contributed by atoms with Crippen molar-refractivity contribution in [3.8, 4) is 11.6 Å². The summed E-state index contributed by atoms with van der Waals surface area (Å²) in [6.07, 6.45) is -9.83. The highest BCUT2D eigenvalue weighted by atomic mass is 35.5. The fourth-order valence-electron chi connectivity index (χ4n) is 4.58. The van der Waals surface area contributed by atoms with E-state index in [1.807, 2.05) is 4.72 Å². The largest absolute Gasteiger partial charge is 0.438 e. The molecule has 16 heteroatoms. The molecule has 4 aromatic rings. The number of hydrogen-bond donors (Lipinski definition) is 1. The Morgan fingerprint density at radius 2 is 1.50 bits per heavy atom. The second-order valence-corrected chi connectivity index (χ2v) is 12.6. The molecule has 0 saturated carbocycles. The van der Waals surface area contributed by atoms with Gasteiger partial charge >= 0.3 is 12.4 Å². The van der Waals surface area contributed by atoms with E-state index in [0.29, 0.717) is 22.7 Å². The molecular formula is C32H26ClF6N3O5S. The number of nitrogens with one attached hydrogen (secondary N) is 1. The molecule has 48 heavy (non-hydrogen) atoms. The van der Waals surface area contributed by atoms with E-state index in [1.54, 1.807) is 42.5 Å². The molecule has 4 rings (SSSR count). The van der Waals surface area contributed by atoms with Crippen molar-refractivity contribution in [3.63, 3.8) is 0 Å². The summed E-state index contributed by atoms with van der Waals surface area (Å²) in [5.41, 5.74) is -3.65. The zero-order valence-electron chi connectivity index (χ0n) is 24.8. The first-order chi connectivity index (χ1) is 22.4. The number of carbonyl (C=O) groups excluding carboxylic acids is 2. The van der Waals surface area contributed by atoms with Gasteiger partial charge in [0.15, 0.2) is 0 Å². The lowest BCUT2D eigenvalue weighted by atomic mass is 9.98. The number of ether oxygens (including phenoxy) is 1. The van der Waals surface area contributed by atoms with Crippen LogP contribution in [0.5, 0.6) is 11.6 Å². The summed E-state index contributed by atoms with van der Waals surface area (Å²) in [4.78, 5) is 30.8. The maximum atomic E-state index is 13.5. The van der Waals surface area contributed by atoms with Crippen LogP contribution < -0.4 is 9.46 Å². The van der Waals surface area contributed by atoms with E-state index in [1.165, 1.54) is 30.5 Å². The van der Waals surface area contributed by atoms with Crippen LogP contribution in [0.25, 0.3) is 0 Å². The number of para-hydroxylation sites is 1. The highest BCUT2D eigenvalue weighted by Gasteiger charge is 2.38. The Bertz CT molecular complexity index is 1840. The quantitative estimate of drug-likeness (QED) is 0.161. The molecule has 0 fully saturated rings. The molecule has 0 spiro atoms. The van der Waals surface area contributed by atoms with Gasteiger partial charge in [-0.3, -0.25) is 9.59 Å². The van der Waals surface area contributed by atoms with Gasteiger partial charge in [0.1, 0.15) is 10.6 Å². The number of pyridine rings is 1. The van der Waals surface area contributed by atoms with Gasteiger partial charge in [0.2, 0.25) is 11.8 Å². The predicted molar refractivity (Wildman–Crippen MR) is 163 cm³/mol. The molecule has 0 radical (unpaired) electrons. The number of aromatic nitrogens is 1. The predicted octanol–water partition coefficient (Wildman–Crippen LogP) is 7.53. The van der Waals surface area contributed by atoms with Crippen LogP contribution in [0.1, 0.15) is 39.9 Å². The van der Waals surface area contributed by atoms with Crippen LogP contribution in [0.3, 0.4) is 0 Å². The van der Waals surface area contributed by atoms with Gasteiger partial charge in [-0.05, 0) is 73.0 Å². The number of hydrogen-bond acceptors (Lipinski definition) is 6. The van der Waals surface area contributed by atoms with Crippen LogP contribution in [-0.2, 0) is 33.6 Å². The average molecular weight is 714 g/mol. The molecule has 0 saturated heterocycles. The molecule has 2 amide bonds. The number of carbonyl (C=O) groups is 2. The zero-order chi connectivity index (χ0) is 35.3. The van der Waals surface area contributed by atoms with Gasteiger partial charge in [0.05, 0.1) is 11.1 Å². The highest BCUT2D eigenvalue weighted by molar-refractivity contribution is 7.90. The molecule has 1 N–H and O–H groups in total. The van der Waals surface area contributed by atoms with Crippen LogP contribution in [0.2, 0.25) is 5.02 Å². The summed E-state index contributed by atoms with van der Waals surface area (Å²) in [5.74, 6) is -2.23. The van der Waals surface area contributed by atoms with Crippen molar-refractivity contribution in [3.05, 3.63) is 118 Å². The maximum absolute atomic E-state index is 13.5. The van der Waals surface area contributed by atoms with Crippen LogP contribution in [-0.4, -0.2) is 43.2 Å². The Labute approximate surface area is 276 Å². The van der Waals surface area contributed by atoms with Crippen LogP contribution in [0, 0.1) is 0 Å². The third-order valence-electron chi connectivity index (χ3n) is 7.02. The maximum Gasteiger partial charge on any atom is 0.416 e. The Balaban J connectivity index is 1.57. The van der Waals surface area contributed by atoms with E-state index in [0.717, 1.165) is 11.9 Å². The zero-order valence-corrected chi connectivity index (χ0v) is 26.4. The van der Waals surface area contributed by atoms with Gasteiger partial charge < -0.3 is 9.64 Å². The molecule has 0 aliphatic heterocycles. The molecule has 3 aromatic carbocycles. The lowest BCUT2D eigenvalue weighted by molar-refractivity contribution is -0.143. The summed E-state index contributed by atoms with van der Waals surface area (Å²) in [6.45, 7) is 0. The molecule has 0 aliphatic carbocycles. The topological polar surface area (TPSA) is 106 Å². The van der Waals surface area contributed by atoms with Crippen molar-refractivity contribution >= 4 is 33.4 Å². The minimum absolute atomic E-state index is 0.0117. The number of halogens is 7. The Morgan fingerprint density at radius 1 is 0.896 bits per heavy atom. The van der Waals surface area contributed by atoms with E-state index in [4.69, 9.17) is 16.3 Å². The van der Waals surface area contributed by atoms with E-state index in [9.17, 15) is 44.3 Å². The van der Waals surface area contributed by atoms with Crippen molar-refractivity contribution in [1.29, 1.82) is 0 Å². The summed E-state index contributed by atoms with van der Waals surface area (Å²) >= 11 is 5.94. The lowest BCUT2D eigenvalue weighted by Crippen LogP contribution is -2.40. The first kappa shape index (κ1) is 36.2. The smallest absolute Gasteiger partial charge is 0.416 e. The number of amides is 2. The highest BCUT2D eigenvalue weighted by Crippen LogP contribution is 2.37. The standard InChI is InChI=1S/C32H26ClF6N3O5S/c1-42(30(44)21-17-22(31(34,35)36)19-23(18-21)32(37,38)39)25(16-20-9-11-24(33)12-10-20)13-14-28(43)41-48(45,46)27-8-5-15-40-29(27)47-26-6-3-2-4-7-26/h2-12,15,17-19,25H,13-14,16H2,1H3,(H,41,43). The Hall–Kier alpha value is -4.63. The van der Waals surface area contributed by atoms with Crippen molar-refractivity contribution in [2.24, 2.45) is 0 Å². The third-order valence-corrected chi connectivity index (χ3v) is 8.66. The second-order valence-electron chi connectivity index (χ2n) is 10.5. The number of nitrogens with zero attached hydrogens (tertiary/aromatic N) is 2. The number of benzene rings is 3. The van der Waals surface area contributed by atoms with Gasteiger partial charge in [-0.25, -0.2) is 18.1 Å². The van der Waals surface area contributed by atoms with Crippen LogP contribution >= 0.6 is 11.6 Å². The summed E-state index contributed by atoms with van der Waals surface area (Å²) in [6, 6.07) is 16.4. The molecule has 1 atom stereocenters. The first-order valence-corrected chi connectivity index (χ1v) is 15.8. The number of sulfonamides is 1. The number of rotatable bonds is 11. The number of likely N-dealkylation sites (N-methyl/N-ethyl adjacent to an activating group) is 1. The van der Waals surface area contributed by atoms with Crippen molar-refractivity contribution < 1.29 is 49.1 Å². The monoisotopic (exact) mass is 713 g/mol. The summed E-state index contributed by atoms with van der Waals surface area (Å²) < 4.78 is 115. The number of alkyl halides is 6. The molecule has 1 heterocycles. The van der Waals surface area contributed by atoms with Gasteiger partial charge in [0.25, 0.3) is 15.9 Å².